The topological polar surface area (TPSA) is 12.5 Å². The Labute approximate surface area is 46.0 Å². The van der Waals surface area contributed by atoms with E-state index in [1.807, 2.05) is 27.9 Å². The molecule has 0 aliphatic carbocycles. The highest BCUT2D eigenvalue weighted by molar-refractivity contribution is 3.97. The lowest BCUT2D eigenvalue weighted by Crippen LogP contribution is -2.07. The third-order valence-electron chi connectivity index (χ3n) is 0.365. The van der Waals surface area contributed by atoms with Crippen LogP contribution in [0.2, 0.25) is 0 Å². The second kappa shape index (κ2) is 9.33. The number of hydroxylamine groups is 2. The Morgan fingerprint density at radius 1 is 1.14 bits per heavy atom. The van der Waals surface area contributed by atoms with Crippen LogP contribution in [0.1, 0.15) is 13.8 Å². The molecule has 0 saturated heterocycles. The Balaban J connectivity index is 0. The molecule has 0 aliphatic heterocycles. The summed E-state index contributed by atoms with van der Waals surface area (Å²) in [5.41, 5.74) is 0. The van der Waals surface area contributed by atoms with Gasteiger partial charge in [0.25, 0.3) is 0 Å². The second-order valence-corrected chi connectivity index (χ2v) is 0.995. The van der Waals surface area contributed by atoms with Crippen LogP contribution in [0.4, 0.5) is 0 Å². The summed E-state index contributed by atoms with van der Waals surface area (Å²) in [7, 11) is 5.29. The highest BCUT2D eigenvalue weighted by Crippen LogP contribution is 1.64. The van der Waals surface area contributed by atoms with Crippen molar-refractivity contribution in [1.29, 1.82) is 0 Å². The van der Waals surface area contributed by atoms with Crippen molar-refractivity contribution in [2.45, 2.75) is 13.8 Å². The Kier molecular flexibility index (Phi) is 13.3. The zero-order valence-corrected chi connectivity index (χ0v) is 5.86. The number of hydrogen-bond acceptors (Lipinski definition) is 2. The zero-order chi connectivity index (χ0) is 6.28. The molecule has 0 amide bonds. The molecule has 46 valence electrons. The predicted molar refractivity (Wildman–Crippen MR) is 32.0 cm³/mol. The van der Waals surface area contributed by atoms with Crippen molar-refractivity contribution in [3.05, 3.63) is 0 Å². The molecule has 0 radical (unpaired) electrons. The van der Waals surface area contributed by atoms with Crippen LogP contribution < -0.4 is 0 Å². The Bertz CT molecular complexity index is 22.0. The first-order valence-corrected chi connectivity index (χ1v) is 2.49. The fourth-order valence-corrected chi connectivity index (χ4v) is 0. The van der Waals surface area contributed by atoms with Gasteiger partial charge in [-0.3, -0.25) is 0 Å². The van der Waals surface area contributed by atoms with Gasteiger partial charge < -0.3 is 4.84 Å². The molecule has 0 unspecified atom stereocenters. The summed E-state index contributed by atoms with van der Waals surface area (Å²) in [4.78, 5) is 4.58. The average molecular weight is 105 g/mol. The van der Waals surface area contributed by atoms with E-state index in [-0.39, 0.29) is 0 Å². The van der Waals surface area contributed by atoms with Gasteiger partial charge in [0, 0.05) is 14.1 Å². The van der Waals surface area contributed by atoms with E-state index in [4.69, 9.17) is 0 Å². The van der Waals surface area contributed by atoms with E-state index < -0.39 is 0 Å². The number of nitrogens with zero attached hydrogens (tertiary/aromatic N) is 1. The maximum absolute atomic E-state index is 4.58. The molecule has 2 heteroatoms. The van der Waals surface area contributed by atoms with Gasteiger partial charge in [-0.2, -0.15) is 5.06 Å². The molecule has 0 fully saturated rings. The maximum Gasteiger partial charge on any atom is 0.0574 e. The SMILES string of the molecule is CC.CON(C)C. The summed E-state index contributed by atoms with van der Waals surface area (Å²) in [6, 6.07) is 0. The van der Waals surface area contributed by atoms with Gasteiger partial charge in [0.15, 0.2) is 0 Å². The molecule has 7 heavy (non-hydrogen) atoms. The van der Waals surface area contributed by atoms with Crippen molar-refractivity contribution in [3.63, 3.8) is 0 Å². The minimum absolute atomic E-state index is 1.62. The second-order valence-electron chi connectivity index (χ2n) is 0.995. The maximum atomic E-state index is 4.58. The van der Waals surface area contributed by atoms with Crippen molar-refractivity contribution < 1.29 is 4.84 Å². The van der Waals surface area contributed by atoms with E-state index in [1.165, 1.54) is 0 Å². The van der Waals surface area contributed by atoms with Crippen molar-refractivity contribution >= 4 is 0 Å². The molecule has 0 aliphatic rings. The lowest BCUT2D eigenvalue weighted by molar-refractivity contribution is -0.0855. The standard InChI is InChI=1S/C3H9NO.C2H6/c1-4(2)5-3;1-2/h1-3H3;1-2H3. The summed E-state index contributed by atoms with van der Waals surface area (Å²) in [6.07, 6.45) is 0. The van der Waals surface area contributed by atoms with E-state index >= 15 is 0 Å². The summed E-state index contributed by atoms with van der Waals surface area (Å²) < 4.78 is 0. The van der Waals surface area contributed by atoms with Crippen LogP contribution in [-0.2, 0) is 4.84 Å². The fraction of sp³-hybridized carbons (Fsp3) is 1.00. The monoisotopic (exact) mass is 105 g/mol. The lowest BCUT2D eigenvalue weighted by atomic mass is 11.0. The third-order valence-corrected chi connectivity index (χ3v) is 0.365. The van der Waals surface area contributed by atoms with Crippen LogP contribution in [0, 0.1) is 0 Å². The van der Waals surface area contributed by atoms with Crippen LogP contribution in [0.3, 0.4) is 0 Å². The fourth-order valence-electron chi connectivity index (χ4n) is 0. The minimum Gasteiger partial charge on any atom is -0.303 e. The van der Waals surface area contributed by atoms with Gasteiger partial charge in [-0.05, 0) is 0 Å². The Morgan fingerprint density at radius 2 is 1.29 bits per heavy atom. The van der Waals surface area contributed by atoms with Crippen LogP contribution in [0.25, 0.3) is 0 Å². The quantitative estimate of drug-likeness (QED) is 0.463. The first-order valence-electron chi connectivity index (χ1n) is 2.49. The third kappa shape index (κ3) is 24.7. The van der Waals surface area contributed by atoms with Crippen molar-refractivity contribution in [2.75, 3.05) is 21.2 Å². The van der Waals surface area contributed by atoms with E-state index in [1.54, 1.807) is 12.2 Å². The van der Waals surface area contributed by atoms with Gasteiger partial charge in [-0.15, -0.1) is 0 Å². The van der Waals surface area contributed by atoms with Gasteiger partial charge in [0.05, 0.1) is 7.11 Å². The molecule has 0 rings (SSSR count). The Hall–Kier alpha value is -0.0800. The first kappa shape index (κ1) is 10.0. The largest absolute Gasteiger partial charge is 0.303 e. The molecule has 0 spiro atoms. The summed E-state index contributed by atoms with van der Waals surface area (Å²) in [5, 5.41) is 1.62. The predicted octanol–water partition coefficient (Wildman–Crippen LogP) is 1.14. The molecule has 2 nitrogen and oxygen atoms in total. The average Bonchev–Trinajstić information content (AvgIpc) is 1.73. The van der Waals surface area contributed by atoms with Gasteiger partial charge in [0.1, 0.15) is 0 Å². The van der Waals surface area contributed by atoms with Gasteiger partial charge in [-0.25, -0.2) is 0 Å². The first-order chi connectivity index (χ1) is 3.27. The summed E-state index contributed by atoms with van der Waals surface area (Å²) in [6.45, 7) is 4.00. The van der Waals surface area contributed by atoms with Crippen LogP contribution in [0.15, 0.2) is 0 Å². The number of hydrogen-bond donors (Lipinski definition) is 0. The van der Waals surface area contributed by atoms with E-state index in [2.05, 4.69) is 4.84 Å². The minimum atomic E-state index is 1.62. The van der Waals surface area contributed by atoms with Crippen LogP contribution in [-0.4, -0.2) is 26.3 Å². The summed E-state index contributed by atoms with van der Waals surface area (Å²) >= 11 is 0. The molecule has 0 atom stereocenters. The van der Waals surface area contributed by atoms with Crippen molar-refractivity contribution in [1.82, 2.24) is 5.06 Å². The van der Waals surface area contributed by atoms with Gasteiger partial charge >= 0.3 is 0 Å². The van der Waals surface area contributed by atoms with Crippen LogP contribution >= 0.6 is 0 Å². The molecule has 0 aromatic carbocycles. The van der Waals surface area contributed by atoms with E-state index in [0.717, 1.165) is 0 Å². The highest BCUT2D eigenvalue weighted by atomic mass is 16.7. The van der Waals surface area contributed by atoms with Crippen LogP contribution in [0.5, 0.6) is 0 Å². The smallest absolute Gasteiger partial charge is 0.0574 e. The van der Waals surface area contributed by atoms with E-state index in [9.17, 15) is 0 Å². The molecular formula is C5H15NO. The molecule has 0 N–H and O–H groups in total. The van der Waals surface area contributed by atoms with Crippen molar-refractivity contribution in [3.8, 4) is 0 Å². The highest BCUT2D eigenvalue weighted by Gasteiger charge is 1.70. The normalized spacial score (nSPS) is 7.71. The zero-order valence-electron chi connectivity index (χ0n) is 5.86. The van der Waals surface area contributed by atoms with Gasteiger partial charge in [0.2, 0.25) is 0 Å². The molecular weight excluding hydrogens is 90.1 g/mol. The molecule has 0 aromatic heterocycles. The molecule has 0 bridgehead atoms. The molecule has 0 saturated carbocycles. The molecule has 0 aromatic rings. The van der Waals surface area contributed by atoms with Crippen molar-refractivity contribution in [2.24, 2.45) is 0 Å². The lowest BCUT2D eigenvalue weighted by Gasteiger charge is -2.01. The number of rotatable bonds is 1. The van der Waals surface area contributed by atoms with E-state index in [0.29, 0.717) is 0 Å². The molecule has 0 heterocycles. The Morgan fingerprint density at radius 3 is 1.29 bits per heavy atom. The summed E-state index contributed by atoms with van der Waals surface area (Å²) in [5.74, 6) is 0. The van der Waals surface area contributed by atoms with Gasteiger partial charge in [-0.1, -0.05) is 13.8 Å².